The first kappa shape index (κ1) is 16.6. The fourth-order valence-electron chi connectivity index (χ4n) is 4.26. The minimum atomic E-state index is 0.821. The summed E-state index contributed by atoms with van der Waals surface area (Å²) in [7, 11) is 0. The first-order valence-electron chi connectivity index (χ1n) is 9.45. The minimum Gasteiger partial charge on any atom is -0.354 e. The van der Waals surface area contributed by atoms with Crippen molar-refractivity contribution in [3.05, 3.63) is 17.1 Å². The molecule has 0 bridgehead atoms. The van der Waals surface area contributed by atoms with Crippen LogP contribution in [0.1, 0.15) is 29.9 Å². The number of anilines is 1. The lowest BCUT2D eigenvalue weighted by Gasteiger charge is -2.41. The summed E-state index contributed by atoms with van der Waals surface area (Å²) in [5, 5.41) is 3.50. The Morgan fingerprint density at radius 3 is 2.54 bits per heavy atom. The second kappa shape index (κ2) is 7.58. The Kier molecular flexibility index (Phi) is 5.25. The highest BCUT2D eigenvalue weighted by Crippen LogP contribution is 2.27. The molecule has 1 N–H and O–H groups in total. The van der Waals surface area contributed by atoms with Crippen LogP contribution in [0.4, 0.5) is 5.82 Å². The van der Waals surface area contributed by atoms with E-state index in [1.165, 1.54) is 54.5 Å². The third-order valence-corrected chi connectivity index (χ3v) is 6.64. The van der Waals surface area contributed by atoms with Crippen LogP contribution in [0.2, 0.25) is 0 Å². The summed E-state index contributed by atoms with van der Waals surface area (Å²) < 4.78 is 0. The number of nitrogens with zero attached hydrogens (tertiary/aromatic N) is 4. The summed E-state index contributed by atoms with van der Waals surface area (Å²) in [6.07, 6.45) is 4.84. The lowest BCUT2D eigenvalue weighted by atomic mass is 10.1. The van der Waals surface area contributed by atoms with Gasteiger partial charge in [0.15, 0.2) is 0 Å². The topological polar surface area (TPSA) is 44.3 Å². The number of fused-ring (bicyclic) bond motifs is 1. The maximum Gasteiger partial charge on any atom is 0.135 e. The van der Waals surface area contributed by atoms with Gasteiger partial charge in [-0.3, -0.25) is 4.90 Å². The van der Waals surface area contributed by atoms with Gasteiger partial charge >= 0.3 is 0 Å². The van der Waals surface area contributed by atoms with Crippen LogP contribution >= 0.6 is 11.8 Å². The quantitative estimate of drug-likeness (QED) is 0.874. The lowest BCUT2D eigenvalue weighted by molar-refractivity contribution is 0.175. The number of piperazine rings is 1. The molecule has 0 radical (unpaired) electrons. The summed E-state index contributed by atoms with van der Waals surface area (Å²) >= 11 is 2.12. The Bertz CT molecular complexity index is 565. The van der Waals surface area contributed by atoms with Gasteiger partial charge in [0.2, 0.25) is 0 Å². The highest BCUT2D eigenvalue weighted by atomic mass is 32.2. The van der Waals surface area contributed by atoms with Crippen molar-refractivity contribution in [1.29, 1.82) is 0 Å². The second-order valence-corrected chi connectivity index (χ2v) is 8.36. The third kappa shape index (κ3) is 3.55. The zero-order valence-electron chi connectivity index (χ0n) is 14.8. The average Bonchev–Trinajstić information content (AvgIpc) is 2.87. The van der Waals surface area contributed by atoms with E-state index in [0.717, 1.165) is 50.9 Å². The van der Waals surface area contributed by atoms with E-state index in [1.807, 2.05) is 6.92 Å². The molecule has 2 saturated heterocycles. The predicted octanol–water partition coefficient (Wildman–Crippen LogP) is 1.49. The lowest BCUT2D eigenvalue weighted by Crippen LogP contribution is -2.51. The maximum absolute atomic E-state index is 4.85. The van der Waals surface area contributed by atoms with Crippen LogP contribution in [-0.2, 0) is 12.8 Å². The SMILES string of the molecule is Cc1nc2c(c(N3CCN(C4CCSCC4)CC3)n1)CCNCC2. The van der Waals surface area contributed by atoms with Crippen LogP contribution in [0.5, 0.6) is 0 Å². The van der Waals surface area contributed by atoms with E-state index in [0.29, 0.717) is 0 Å². The number of aromatic nitrogens is 2. The van der Waals surface area contributed by atoms with Crippen LogP contribution in [0.15, 0.2) is 0 Å². The van der Waals surface area contributed by atoms with Crippen LogP contribution in [0.25, 0.3) is 0 Å². The van der Waals surface area contributed by atoms with Gasteiger partial charge in [0, 0.05) is 50.7 Å². The smallest absolute Gasteiger partial charge is 0.135 e. The Morgan fingerprint density at radius 1 is 1.00 bits per heavy atom. The molecule has 0 aromatic carbocycles. The molecule has 1 aromatic heterocycles. The van der Waals surface area contributed by atoms with Crippen molar-refractivity contribution in [1.82, 2.24) is 20.2 Å². The van der Waals surface area contributed by atoms with Gasteiger partial charge in [-0.2, -0.15) is 11.8 Å². The molecule has 4 heterocycles. The van der Waals surface area contributed by atoms with Crippen molar-refractivity contribution >= 4 is 17.6 Å². The number of rotatable bonds is 2. The molecule has 0 saturated carbocycles. The number of hydrogen-bond donors (Lipinski definition) is 1. The minimum absolute atomic E-state index is 0.821. The first-order chi connectivity index (χ1) is 11.8. The van der Waals surface area contributed by atoms with Crippen LogP contribution in [0.3, 0.4) is 0 Å². The maximum atomic E-state index is 4.85. The molecule has 0 aliphatic carbocycles. The van der Waals surface area contributed by atoms with Crippen molar-refractivity contribution in [3.63, 3.8) is 0 Å². The Balaban J connectivity index is 1.48. The van der Waals surface area contributed by atoms with Gasteiger partial charge in [-0.25, -0.2) is 9.97 Å². The van der Waals surface area contributed by atoms with E-state index >= 15 is 0 Å². The van der Waals surface area contributed by atoms with Crippen LogP contribution in [0, 0.1) is 6.92 Å². The molecule has 6 heteroatoms. The van der Waals surface area contributed by atoms with E-state index in [9.17, 15) is 0 Å². The normalized spacial score (nSPS) is 23.8. The molecule has 4 rings (SSSR count). The Hall–Kier alpha value is -0.850. The van der Waals surface area contributed by atoms with Crippen molar-refractivity contribution in [2.24, 2.45) is 0 Å². The number of aryl methyl sites for hydroxylation is 1. The van der Waals surface area contributed by atoms with Gasteiger partial charge < -0.3 is 10.2 Å². The molecular weight excluding hydrogens is 318 g/mol. The summed E-state index contributed by atoms with van der Waals surface area (Å²) in [6, 6.07) is 0.821. The second-order valence-electron chi connectivity index (χ2n) is 7.14. The van der Waals surface area contributed by atoms with E-state index in [4.69, 9.17) is 9.97 Å². The van der Waals surface area contributed by atoms with Crippen molar-refractivity contribution in [2.75, 3.05) is 55.7 Å². The van der Waals surface area contributed by atoms with Gasteiger partial charge in [0.25, 0.3) is 0 Å². The highest BCUT2D eigenvalue weighted by Gasteiger charge is 2.27. The fraction of sp³-hybridized carbons (Fsp3) is 0.778. The van der Waals surface area contributed by atoms with E-state index in [-0.39, 0.29) is 0 Å². The molecule has 132 valence electrons. The molecule has 0 unspecified atom stereocenters. The van der Waals surface area contributed by atoms with Gasteiger partial charge in [0.05, 0.1) is 5.69 Å². The molecule has 2 fully saturated rings. The summed E-state index contributed by atoms with van der Waals surface area (Å²) in [4.78, 5) is 14.8. The standard InChI is InChI=1S/C18H29N5S/c1-14-20-17-3-7-19-6-2-16(17)18(21-14)23-10-8-22(9-11-23)15-4-12-24-13-5-15/h15,19H,2-13H2,1H3. The molecule has 24 heavy (non-hydrogen) atoms. The van der Waals surface area contributed by atoms with Gasteiger partial charge in [-0.15, -0.1) is 0 Å². The molecule has 5 nitrogen and oxygen atoms in total. The summed E-state index contributed by atoms with van der Waals surface area (Å²) in [5.74, 6) is 4.84. The molecule has 0 amide bonds. The molecule has 3 aliphatic rings. The van der Waals surface area contributed by atoms with E-state index < -0.39 is 0 Å². The Labute approximate surface area is 149 Å². The van der Waals surface area contributed by atoms with Gasteiger partial charge in [-0.1, -0.05) is 0 Å². The van der Waals surface area contributed by atoms with Crippen molar-refractivity contribution < 1.29 is 0 Å². The molecular formula is C18H29N5S. The molecule has 3 aliphatic heterocycles. The predicted molar refractivity (Wildman–Crippen MR) is 101 cm³/mol. The average molecular weight is 348 g/mol. The summed E-state index contributed by atoms with van der Waals surface area (Å²) in [5.41, 5.74) is 2.67. The first-order valence-corrected chi connectivity index (χ1v) is 10.6. The zero-order valence-corrected chi connectivity index (χ0v) is 15.6. The summed E-state index contributed by atoms with van der Waals surface area (Å²) in [6.45, 7) is 8.72. The number of hydrogen-bond acceptors (Lipinski definition) is 6. The zero-order chi connectivity index (χ0) is 16.4. The monoisotopic (exact) mass is 347 g/mol. The van der Waals surface area contributed by atoms with Gasteiger partial charge in [0.1, 0.15) is 11.6 Å². The van der Waals surface area contributed by atoms with Crippen LogP contribution < -0.4 is 10.2 Å². The number of thioether (sulfide) groups is 1. The van der Waals surface area contributed by atoms with Crippen molar-refractivity contribution in [3.8, 4) is 0 Å². The molecule has 0 atom stereocenters. The van der Waals surface area contributed by atoms with Crippen LogP contribution in [-0.4, -0.2) is 71.7 Å². The fourth-order valence-corrected chi connectivity index (χ4v) is 5.34. The largest absolute Gasteiger partial charge is 0.354 e. The third-order valence-electron chi connectivity index (χ3n) is 5.59. The highest BCUT2D eigenvalue weighted by molar-refractivity contribution is 7.99. The molecule has 1 aromatic rings. The molecule has 0 spiro atoms. The Morgan fingerprint density at radius 2 is 1.75 bits per heavy atom. The van der Waals surface area contributed by atoms with Crippen molar-refractivity contribution in [2.45, 2.75) is 38.6 Å². The number of nitrogens with one attached hydrogen (secondary N) is 1. The van der Waals surface area contributed by atoms with Gasteiger partial charge in [-0.05, 0) is 44.2 Å². The van der Waals surface area contributed by atoms with E-state index in [1.54, 1.807) is 0 Å². The van der Waals surface area contributed by atoms with E-state index in [2.05, 4.69) is 26.9 Å².